The molecule has 0 aliphatic heterocycles. The van der Waals surface area contributed by atoms with Gasteiger partial charge in [0.1, 0.15) is 0 Å². The Bertz CT molecular complexity index is 718. The minimum atomic E-state index is -1.17. The van der Waals surface area contributed by atoms with Crippen LogP contribution in [0.1, 0.15) is 6.92 Å². The molecule has 2 aromatic rings. The van der Waals surface area contributed by atoms with Crippen LogP contribution in [0.2, 0.25) is 0 Å². The normalized spacial score (nSPS) is 11.0. The highest BCUT2D eigenvalue weighted by Gasteiger charge is 2.10. The molecule has 0 atom stereocenters. The van der Waals surface area contributed by atoms with E-state index in [-0.39, 0.29) is 0 Å². The number of carbonyl (C=O) groups is 2. The molecule has 0 aliphatic rings. The number of benzene rings is 1. The molecule has 0 unspecified atom stereocenters. The van der Waals surface area contributed by atoms with Crippen LogP contribution < -0.4 is 10.1 Å². The van der Waals surface area contributed by atoms with Crippen molar-refractivity contribution in [1.82, 2.24) is 9.78 Å². The molecule has 0 radical (unpaired) electrons. The fourth-order valence-electron chi connectivity index (χ4n) is 1.89. The van der Waals surface area contributed by atoms with E-state index in [9.17, 15) is 9.59 Å². The summed E-state index contributed by atoms with van der Waals surface area (Å²) in [5.74, 6) is -1.20. The Labute approximate surface area is 120 Å². The number of nitrogens with one attached hydrogen (secondary N) is 1. The first-order valence-electron chi connectivity index (χ1n) is 6.32. The molecule has 2 rings (SSSR count). The zero-order valence-corrected chi connectivity index (χ0v) is 11.7. The second-order valence-corrected chi connectivity index (χ2v) is 4.25. The number of amides is 1. The predicted octanol–water partition coefficient (Wildman–Crippen LogP) is 1.55. The van der Waals surface area contributed by atoms with Gasteiger partial charge < -0.3 is 15.2 Å². The van der Waals surface area contributed by atoms with Gasteiger partial charge in [0.25, 0.3) is 0 Å². The molecule has 7 nitrogen and oxygen atoms in total. The Morgan fingerprint density at radius 3 is 2.86 bits per heavy atom. The number of rotatable bonds is 5. The summed E-state index contributed by atoms with van der Waals surface area (Å²) in [6, 6.07) is 5.26. The summed E-state index contributed by atoms with van der Waals surface area (Å²) in [5, 5.41) is 16.1. The maximum atomic E-state index is 11.6. The summed E-state index contributed by atoms with van der Waals surface area (Å²) in [7, 11) is 1.80. The summed E-state index contributed by atoms with van der Waals surface area (Å²) >= 11 is 0. The number of ether oxygens (including phenoxy) is 1. The van der Waals surface area contributed by atoms with E-state index in [2.05, 4.69) is 10.4 Å². The van der Waals surface area contributed by atoms with Crippen molar-refractivity contribution in [2.75, 3.05) is 11.9 Å². The molecule has 21 heavy (non-hydrogen) atoms. The molecule has 7 heteroatoms. The highest BCUT2D eigenvalue weighted by Crippen LogP contribution is 2.27. The lowest BCUT2D eigenvalue weighted by Crippen LogP contribution is -2.08. The van der Waals surface area contributed by atoms with Gasteiger partial charge in [-0.2, -0.15) is 0 Å². The SMILES string of the molecule is CCOc1nn(C)c2ccc(NC(=O)/C=C/C(=O)O)cc12. The zero-order valence-electron chi connectivity index (χ0n) is 11.7. The Hall–Kier alpha value is -2.83. The van der Waals surface area contributed by atoms with E-state index in [4.69, 9.17) is 9.84 Å². The summed E-state index contributed by atoms with van der Waals surface area (Å²) in [6.07, 6.45) is 1.74. The summed E-state index contributed by atoms with van der Waals surface area (Å²) in [4.78, 5) is 21.9. The fraction of sp³-hybridized carbons (Fsp3) is 0.214. The van der Waals surface area contributed by atoms with Gasteiger partial charge in [-0.1, -0.05) is 0 Å². The second kappa shape index (κ2) is 6.08. The Balaban J connectivity index is 2.27. The van der Waals surface area contributed by atoms with E-state index in [1.165, 1.54) is 0 Å². The van der Waals surface area contributed by atoms with Crippen LogP contribution in [0.25, 0.3) is 10.9 Å². The molecule has 1 heterocycles. The van der Waals surface area contributed by atoms with Gasteiger partial charge >= 0.3 is 5.97 Å². The van der Waals surface area contributed by atoms with Crippen LogP contribution in [0, 0.1) is 0 Å². The van der Waals surface area contributed by atoms with Crippen molar-refractivity contribution in [2.24, 2.45) is 7.05 Å². The quantitative estimate of drug-likeness (QED) is 0.815. The van der Waals surface area contributed by atoms with Gasteiger partial charge in [0.05, 0.1) is 17.5 Å². The van der Waals surface area contributed by atoms with Crippen molar-refractivity contribution < 1.29 is 19.4 Å². The minimum Gasteiger partial charge on any atom is -0.478 e. The van der Waals surface area contributed by atoms with Gasteiger partial charge in [0.15, 0.2) is 0 Å². The average molecular weight is 289 g/mol. The van der Waals surface area contributed by atoms with Crippen LogP contribution in [0.5, 0.6) is 5.88 Å². The number of anilines is 1. The molecule has 2 N–H and O–H groups in total. The van der Waals surface area contributed by atoms with Gasteiger partial charge in [0, 0.05) is 24.9 Å². The number of aryl methyl sites for hydroxylation is 1. The Kier molecular flexibility index (Phi) is 4.22. The number of hydrogen-bond acceptors (Lipinski definition) is 4. The van der Waals surface area contributed by atoms with Gasteiger partial charge in [-0.3, -0.25) is 9.48 Å². The lowest BCUT2D eigenvalue weighted by molar-refractivity contribution is -0.131. The number of aromatic nitrogens is 2. The monoisotopic (exact) mass is 289 g/mol. The third-order valence-corrected chi connectivity index (χ3v) is 2.74. The number of aliphatic carboxylic acids is 1. The lowest BCUT2D eigenvalue weighted by Gasteiger charge is -2.03. The first kappa shape index (κ1) is 14.6. The van der Waals surface area contributed by atoms with Crippen molar-refractivity contribution in [2.45, 2.75) is 6.92 Å². The average Bonchev–Trinajstić information content (AvgIpc) is 2.73. The predicted molar refractivity (Wildman–Crippen MR) is 77.3 cm³/mol. The molecule has 110 valence electrons. The Morgan fingerprint density at radius 1 is 1.43 bits per heavy atom. The van der Waals surface area contributed by atoms with E-state index in [0.717, 1.165) is 23.1 Å². The van der Waals surface area contributed by atoms with Crippen LogP contribution in [-0.4, -0.2) is 33.4 Å². The minimum absolute atomic E-state index is 0.490. The summed E-state index contributed by atoms with van der Waals surface area (Å²) in [5.41, 5.74) is 1.41. The molecular formula is C14H15N3O4. The number of carboxylic acids is 1. The molecule has 1 aromatic carbocycles. The third kappa shape index (κ3) is 3.38. The third-order valence-electron chi connectivity index (χ3n) is 2.74. The van der Waals surface area contributed by atoms with Gasteiger partial charge in [-0.15, -0.1) is 5.10 Å². The zero-order chi connectivity index (χ0) is 15.4. The number of hydrogen-bond donors (Lipinski definition) is 2. The highest BCUT2D eigenvalue weighted by atomic mass is 16.5. The maximum Gasteiger partial charge on any atom is 0.328 e. The van der Waals surface area contributed by atoms with Crippen LogP contribution >= 0.6 is 0 Å². The summed E-state index contributed by atoms with van der Waals surface area (Å²) < 4.78 is 7.13. The lowest BCUT2D eigenvalue weighted by atomic mass is 10.2. The molecule has 1 aromatic heterocycles. The van der Waals surface area contributed by atoms with E-state index >= 15 is 0 Å². The van der Waals surface area contributed by atoms with Gasteiger partial charge in [-0.25, -0.2) is 4.79 Å². The standard InChI is InChI=1S/C14H15N3O4/c1-3-21-14-10-8-9(4-5-11(10)17(2)16-14)15-12(18)6-7-13(19)20/h4-8H,3H2,1-2H3,(H,15,18)(H,19,20)/b7-6+. The highest BCUT2D eigenvalue weighted by molar-refractivity contribution is 6.03. The van der Waals surface area contributed by atoms with E-state index < -0.39 is 11.9 Å². The van der Waals surface area contributed by atoms with E-state index in [1.807, 2.05) is 6.92 Å². The molecular weight excluding hydrogens is 274 g/mol. The largest absolute Gasteiger partial charge is 0.478 e. The molecule has 0 bridgehead atoms. The number of carbonyl (C=O) groups excluding carboxylic acids is 1. The number of fused-ring (bicyclic) bond motifs is 1. The van der Waals surface area contributed by atoms with E-state index in [0.29, 0.717) is 18.2 Å². The molecule has 0 fully saturated rings. The fourth-order valence-corrected chi connectivity index (χ4v) is 1.89. The molecule has 1 amide bonds. The molecule has 0 saturated carbocycles. The Morgan fingerprint density at radius 2 is 2.19 bits per heavy atom. The van der Waals surface area contributed by atoms with E-state index in [1.54, 1.807) is 29.9 Å². The van der Waals surface area contributed by atoms with Crippen molar-refractivity contribution >= 4 is 28.5 Å². The van der Waals surface area contributed by atoms with Crippen molar-refractivity contribution in [1.29, 1.82) is 0 Å². The van der Waals surface area contributed by atoms with Gasteiger partial charge in [0.2, 0.25) is 11.8 Å². The van der Waals surface area contributed by atoms with Crippen LogP contribution in [0.15, 0.2) is 30.4 Å². The molecule has 0 aliphatic carbocycles. The van der Waals surface area contributed by atoms with Crippen molar-refractivity contribution in [3.63, 3.8) is 0 Å². The van der Waals surface area contributed by atoms with Crippen LogP contribution in [-0.2, 0) is 16.6 Å². The first-order valence-corrected chi connectivity index (χ1v) is 6.32. The summed E-state index contributed by atoms with van der Waals surface area (Å²) in [6.45, 7) is 2.35. The van der Waals surface area contributed by atoms with Crippen molar-refractivity contribution in [3.8, 4) is 5.88 Å². The number of carboxylic acid groups (broad SMARTS) is 1. The molecule has 0 saturated heterocycles. The van der Waals surface area contributed by atoms with Crippen molar-refractivity contribution in [3.05, 3.63) is 30.4 Å². The second-order valence-electron chi connectivity index (χ2n) is 4.25. The van der Waals surface area contributed by atoms with Gasteiger partial charge in [-0.05, 0) is 25.1 Å². The van der Waals surface area contributed by atoms with Crippen LogP contribution in [0.3, 0.4) is 0 Å². The van der Waals surface area contributed by atoms with Crippen LogP contribution in [0.4, 0.5) is 5.69 Å². The smallest absolute Gasteiger partial charge is 0.328 e. The first-order chi connectivity index (χ1) is 10.0. The number of nitrogens with zero attached hydrogens (tertiary/aromatic N) is 2. The topological polar surface area (TPSA) is 93.5 Å². The maximum absolute atomic E-state index is 11.6. The molecule has 0 spiro atoms.